The first kappa shape index (κ1) is 15.2. The molecule has 0 spiro atoms. The maximum Gasteiger partial charge on any atom is 0.206 e. The molecule has 4 rings (SSSR count). The molecule has 3 heterocycles. The van der Waals surface area contributed by atoms with Gasteiger partial charge in [-0.05, 0) is 45.7 Å². The highest BCUT2D eigenvalue weighted by Crippen LogP contribution is 2.33. The van der Waals surface area contributed by atoms with Crippen LogP contribution in [-0.4, -0.2) is 32.6 Å². The molecule has 5 nitrogen and oxygen atoms in total. The molecule has 5 heteroatoms. The fourth-order valence-electron chi connectivity index (χ4n) is 3.90. The molecule has 0 amide bonds. The van der Waals surface area contributed by atoms with Gasteiger partial charge in [-0.1, -0.05) is 12.1 Å². The van der Waals surface area contributed by atoms with Gasteiger partial charge in [0.1, 0.15) is 0 Å². The van der Waals surface area contributed by atoms with Crippen LogP contribution in [0.3, 0.4) is 0 Å². The fraction of sp³-hybridized carbons (Fsp3) is 0.474. The van der Waals surface area contributed by atoms with Crippen molar-refractivity contribution in [3.63, 3.8) is 0 Å². The predicted octanol–water partition coefficient (Wildman–Crippen LogP) is 4.03. The molecule has 2 aromatic heterocycles. The third-order valence-electron chi connectivity index (χ3n) is 5.13. The van der Waals surface area contributed by atoms with Gasteiger partial charge in [-0.3, -0.25) is 0 Å². The largest absolute Gasteiger partial charge is 0.348 e. The molecule has 3 aromatic rings. The topological polar surface area (TPSA) is 49.7 Å². The molecule has 1 aliphatic rings. The third kappa shape index (κ3) is 2.48. The van der Waals surface area contributed by atoms with Gasteiger partial charge < -0.3 is 14.5 Å². The van der Waals surface area contributed by atoms with E-state index in [0.717, 1.165) is 37.4 Å². The van der Waals surface area contributed by atoms with Crippen LogP contribution >= 0.6 is 0 Å². The molecule has 0 aliphatic carbocycles. The molecule has 24 heavy (non-hydrogen) atoms. The SMILES string of the molecule is Cc1[nH]cnc1C1CCN(c2nc3ccccc3n2C(C)C)CC1. The van der Waals surface area contributed by atoms with Crippen molar-refractivity contribution in [3.05, 3.63) is 42.0 Å². The van der Waals surface area contributed by atoms with Crippen molar-refractivity contribution in [2.24, 2.45) is 0 Å². The average Bonchev–Trinajstić information content (AvgIpc) is 3.18. The Balaban J connectivity index is 1.61. The number of benzene rings is 1. The molecule has 1 N–H and O–H groups in total. The second-order valence-corrected chi connectivity index (χ2v) is 7.04. The molecule has 0 bridgehead atoms. The number of para-hydroxylation sites is 2. The number of aromatic nitrogens is 4. The van der Waals surface area contributed by atoms with Crippen LogP contribution in [0.4, 0.5) is 5.95 Å². The Morgan fingerprint density at radius 3 is 2.58 bits per heavy atom. The lowest BCUT2D eigenvalue weighted by Gasteiger charge is -2.33. The Labute approximate surface area is 142 Å². The molecular formula is C19H25N5. The van der Waals surface area contributed by atoms with Crippen molar-refractivity contribution >= 4 is 17.0 Å². The second kappa shape index (κ2) is 5.96. The van der Waals surface area contributed by atoms with Crippen LogP contribution in [0.25, 0.3) is 11.0 Å². The Kier molecular flexibility index (Phi) is 3.79. The number of hydrogen-bond acceptors (Lipinski definition) is 3. The lowest BCUT2D eigenvalue weighted by atomic mass is 9.93. The van der Waals surface area contributed by atoms with Crippen LogP contribution in [0.5, 0.6) is 0 Å². The molecule has 0 saturated carbocycles. The van der Waals surface area contributed by atoms with E-state index in [9.17, 15) is 0 Å². The number of anilines is 1. The van der Waals surface area contributed by atoms with Gasteiger partial charge in [-0.15, -0.1) is 0 Å². The molecule has 126 valence electrons. The number of nitrogens with one attached hydrogen (secondary N) is 1. The summed E-state index contributed by atoms with van der Waals surface area (Å²) >= 11 is 0. The van der Waals surface area contributed by atoms with E-state index in [2.05, 4.69) is 64.5 Å². The van der Waals surface area contributed by atoms with Crippen LogP contribution in [0.1, 0.15) is 50.0 Å². The maximum absolute atomic E-state index is 4.93. The standard InChI is InChI=1S/C19H25N5/c1-13(2)24-17-7-5-4-6-16(17)22-19(24)23-10-8-15(9-11-23)18-14(3)20-12-21-18/h4-7,12-13,15H,8-11H2,1-3H3,(H,20,21). The van der Waals surface area contributed by atoms with Crippen molar-refractivity contribution in [1.29, 1.82) is 0 Å². The number of imidazole rings is 2. The lowest BCUT2D eigenvalue weighted by Crippen LogP contribution is -2.35. The zero-order valence-corrected chi connectivity index (χ0v) is 14.7. The minimum Gasteiger partial charge on any atom is -0.348 e. The van der Waals surface area contributed by atoms with Gasteiger partial charge in [-0.2, -0.15) is 0 Å². The van der Waals surface area contributed by atoms with Gasteiger partial charge in [0.25, 0.3) is 0 Å². The van der Waals surface area contributed by atoms with Crippen molar-refractivity contribution in [2.75, 3.05) is 18.0 Å². The van der Waals surface area contributed by atoms with Gasteiger partial charge in [0.2, 0.25) is 5.95 Å². The number of hydrogen-bond donors (Lipinski definition) is 1. The quantitative estimate of drug-likeness (QED) is 0.791. The van der Waals surface area contributed by atoms with E-state index in [0.29, 0.717) is 12.0 Å². The van der Waals surface area contributed by atoms with Gasteiger partial charge in [0.05, 0.1) is 23.1 Å². The summed E-state index contributed by atoms with van der Waals surface area (Å²) in [6.45, 7) is 8.65. The monoisotopic (exact) mass is 323 g/mol. The van der Waals surface area contributed by atoms with Gasteiger partial charge in [0, 0.05) is 30.7 Å². The van der Waals surface area contributed by atoms with Crippen molar-refractivity contribution < 1.29 is 0 Å². The number of aromatic amines is 1. The number of fused-ring (bicyclic) bond motifs is 1. The van der Waals surface area contributed by atoms with Crippen molar-refractivity contribution in [2.45, 2.75) is 45.6 Å². The second-order valence-electron chi connectivity index (χ2n) is 7.04. The van der Waals surface area contributed by atoms with Crippen LogP contribution in [0.2, 0.25) is 0 Å². The molecule has 1 fully saturated rings. The van der Waals surface area contributed by atoms with Crippen LogP contribution < -0.4 is 4.90 Å². The summed E-state index contributed by atoms with van der Waals surface area (Å²) in [5.41, 5.74) is 4.77. The molecule has 1 aromatic carbocycles. The van der Waals surface area contributed by atoms with E-state index in [1.54, 1.807) is 0 Å². The van der Waals surface area contributed by atoms with E-state index in [4.69, 9.17) is 4.98 Å². The molecule has 1 aliphatic heterocycles. The fourth-order valence-corrected chi connectivity index (χ4v) is 3.90. The molecule has 0 radical (unpaired) electrons. The van der Waals surface area contributed by atoms with Crippen molar-refractivity contribution in [1.82, 2.24) is 19.5 Å². The van der Waals surface area contributed by atoms with Crippen molar-refractivity contribution in [3.8, 4) is 0 Å². The molecular weight excluding hydrogens is 298 g/mol. The number of nitrogens with zero attached hydrogens (tertiary/aromatic N) is 4. The smallest absolute Gasteiger partial charge is 0.206 e. The highest BCUT2D eigenvalue weighted by Gasteiger charge is 2.26. The maximum atomic E-state index is 4.93. The number of aryl methyl sites for hydroxylation is 1. The first-order chi connectivity index (χ1) is 11.6. The summed E-state index contributed by atoms with van der Waals surface area (Å²) in [6.07, 6.45) is 4.08. The molecule has 1 saturated heterocycles. The predicted molar refractivity (Wildman–Crippen MR) is 97.6 cm³/mol. The average molecular weight is 323 g/mol. The zero-order chi connectivity index (χ0) is 16.7. The third-order valence-corrected chi connectivity index (χ3v) is 5.13. The molecule has 0 unspecified atom stereocenters. The Morgan fingerprint density at radius 1 is 1.17 bits per heavy atom. The lowest BCUT2D eigenvalue weighted by molar-refractivity contribution is 0.480. The van der Waals surface area contributed by atoms with E-state index in [1.807, 2.05) is 6.33 Å². The molecule has 0 atom stereocenters. The zero-order valence-electron chi connectivity index (χ0n) is 14.7. The summed E-state index contributed by atoms with van der Waals surface area (Å²) in [5.74, 6) is 1.67. The van der Waals surface area contributed by atoms with E-state index < -0.39 is 0 Å². The van der Waals surface area contributed by atoms with E-state index in [-0.39, 0.29) is 0 Å². The number of rotatable bonds is 3. The van der Waals surface area contributed by atoms with Crippen LogP contribution in [-0.2, 0) is 0 Å². The first-order valence-corrected chi connectivity index (χ1v) is 8.87. The normalized spacial score (nSPS) is 16.4. The summed E-state index contributed by atoms with van der Waals surface area (Å²) in [6, 6.07) is 8.84. The van der Waals surface area contributed by atoms with Crippen LogP contribution in [0, 0.1) is 6.92 Å². The van der Waals surface area contributed by atoms with Gasteiger partial charge in [-0.25, -0.2) is 9.97 Å². The summed E-state index contributed by atoms with van der Waals surface area (Å²) in [7, 11) is 0. The summed E-state index contributed by atoms with van der Waals surface area (Å²) < 4.78 is 2.37. The summed E-state index contributed by atoms with van der Waals surface area (Å²) in [5, 5.41) is 0. The Hall–Kier alpha value is -2.30. The Morgan fingerprint density at radius 2 is 1.92 bits per heavy atom. The minimum absolute atomic E-state index is 0.402. The van der Waals surface area contributed by atoms with Gasteiger partial charge >= 0.3 is 0 Å². The van der Waals surface area contributed by atoms with Gasteiger partial charge in [0.15, 0.2) is 0 Å². The van der Waals surface area contributed by atoms with E-state index in [1.165, 1.54) is 16.9 Å². The summed E-state index contributed by atoms with van der Waals surface area (Å²) in [4.78, 5) is 15.1. The minimum atomic E-state index is 0.402. The highest BCUT2D eigenvalue weighted by atomic mass is 15.3. The number of H-pyrrole nitrogens is 1. The first-order valence-electron chi connectivity index (χ1n) is 8.87. The Bertz CT molecular complexity index is 836. The van der Waals surface area contributed by atoms with Crippen LogP contribution in [0.15, 0.2) is 30.6 Å². The van der Waals surface area contributed by atoms with E-state index >= 15 is 0 Å². The highest BCUT2D eigenvalue weighted by molar-refractivity contribution is 5.79. The number of piperidine rings is 1.